The summed E-state index contributed by atoms with van der Waals surface area (Å²) >= 11 is 0. The number of rotatable bonds is 6. The smallest absolute Gasteiger partial charge is 0.335 e. The minimum absolute atomic E-state index is 0.103. The monoisotopic (exact) mass is 468 g/mol. The van der Waals surface area contributed by atoms with Gasteiger partial charge in [0.05, 0.1) is 12.7 Å². The molecule has 2 aromatic carbocycles. The summed E-state index contributed by atoms with van der Waals surface area (Å²) in [6.07, 6.45) is 1.25. The molecular formula is C27H30F2N2O3. The van der Waals surface area contributed by atoms with Crippen LogP contribution >= 0.6 is 0 Å². The maximum absolute atomic E-state index is 14.2. The number of ether oxygens (including phenoxy) is 1. The topological polar surface area (TPSA) is 65.6 Å². The summed E-state index contributed by atoms with van der Waals surface area (Å²) < 4.78 is 34.1. The Morgan fingerprint density at radius 2 is 2.06 bits per heavy atom. The van der Waals surface area contributed by atoms with Gasteiger partial charge in [-0.05, 0) is 72.9 Å². The lowest BCUT2D eigenvalue weighted by atomic mass is 9.86. The molecule has 0 amide bonds. The van der Waals surface area contributed by atoms with Crippen molar-refractivity contribution in [3.8, 4) is 5.75 Å². The zero-order valence-electron chi connectivity index (χ0n) is 19.6. The van der Waals surface area contributed by atoms with Crippen LogP contribution in [0.1, 0.15) is 64.8 Å². The van der Waals surface area contributed by atoms with Gasteiger partial charge in [-0.2, -0.15) is 0 Å². The molecule has 1 saturated heterocycles. The first-order valence-electron chi connectivity index (χ1n) is 11.8. The lowest BCUT2D eigenvalue weighted by Crippen LogP contribution is -2.27. The number of aryl methyl sites for hydroxylation is 1. The number of aromatic carboxylic acids is 1. The third-order valence-electron chi connectivity index (χ3n) is 7.83. The first kappa shape index (κ1) is 22.8. The van der Waals surface area contributed by atoms with Crippen LogP contribution < -0.4 is 4.74 Å². The van der Waals surface area contributed by atoms with Crippen molar-refractivity contribution in [2.75, 3.05) is 13.7 Å². The van der Waals surface area contributed by atoms with Gasteiger partial charge < -0.3 is 14.8 Å². The van der Waals surface area contributed by atoms with Gasteiger partial charge in [-0.25, -0.2) is 13.6 Å². The molecule has 3 aromatic rings. The number of carboxylic acids is 1. The van der Waals surface area contributed by atoms with Crippen LogP contribution in [0.2, 0.25) is 0 Å². The second-order valence-electron chi connectivity index (χ2n) is 9.96. The molecule has 0 bridgehead atoms. The Morgan fingerprint density at radius 1 is 1.26 bits per heavy atom. The quantitative estimate of drug-likeness (QED) is 0.443. The highest BCUT2D eigenvalue weighted by atomic mass is 19.3. The lowest BCUT2D eigenvalue weighted by molar-refractivity contribution is 0.0696. The molecule has 5 nitrogen and oxygen atoms in total. The number of carbonyl (C=O) groups is 1. The Morgan fingerprint density at radius 3 is 2.76 bits per heavy atom. The molecule has 2 N–H and O–H groups in total. The van der Waals surface area contributed by atoms with Crippen LogP contribution in [0.15, 0.2) is 36.5 Å². The fraction of sp³-hybridized carbons (Fsp3) is 0.444. The molecular weight excluding hydrogens is 438 g/mol. The van der Waals surface area contributed by atoms with Crippen molar-refractivity contribution in [2.45, 2.75) is 45.7 Å². The van der Waals surface area contributed by atoms with E-state index >= 15 is 0 Å². The first-order chi connectivity index (χ1) is 16.3. The number of H-pyrrole nitrogens is 1. The van der Waals surface area contributed by atoms with E-state index in [9.17, 15) is 18.7 Å². The van der Waals surface area contributed by atoms with Crippen LogP contribution in [0.5, 0.6) is 5.75 Å². The highest BCUT2D eigenvalue weighted by Crippen LogP contribution is 2.53. The number of benzene rings is 2. The molecule has 34 heavy (non-hydrogen) atoms. The third-order valence-corrected chi connectivity index (χ3v) is 7.83. The Hall–Kier alpha value is -2.93. The van der Waals surface area contributed by atoms with Crippen LogP contribution in [0.25, 0.3) is 10.9 Å². The summed E-state index contributed by atoms with van der Waals surface area (Å²) in [5.41, 5.74) is 3.47. The van der Waals surface area contributed by atoms with Crippen molar-refractivity contribution in [3.63, 3.8) is 0 Å². The Balaban J connectivity index is 1.60. The minimum atomic E-state index is -2.74. The van der Waals surface area contributed by atoms with E-state index in [2.05, 4.69) is 16.8 Å². The highest BCUT2D eigenvalue weighted by molar-refractivity contribution is 5.88. The summed E-state index contributed by atoms with van der Waals surface area (Å²) in [4.78, 5) is 17.1. The van der Waals surface area contributed by atoms with Gasteiger partial charge in [0.2, 0.25) is 0 Å². The second-order valence-corrected chi connectivity index (χ2v) is 9.96. The normalized spacial score (nSPS) is 24.8. The highest BCUT2D eigenvalue weighted by Gasteiger charge is 2.48. The van der Waals surface area contributed by atoms with E-state index < -0.39 is 12.4 Å². The molecule has 2 fully saturated rings. The number of fused-ring (bicyclic) bond motifs is 2. The van der Waals surface area contributed by atoms with Crippen molar-refractivity contribution in [3.05, 3.63) is 64.3 Å². The van der Waals surface area contributed by atoms with E-state index in [-0.39, 0.29) is 23.1 Å². The van der Waals surface area contributed by atoms with Crippen LogP contribution in [0.3, 0.4) is 0 Å². The number of carboxylic acid groups (broad SMARTS) is 1. The maximum atomic E-state index is 14.2. The standard InChI is InChI=1S/C27H30F2N2O3/c1-14-8-17-12-31(13-22-18-6-7-30-24(18)15(2)10-23(22)34-3)25(20(17)9-14)19-5-4-16(27(32)33)11-21(19)26(28)29/h4-7,10-11,14,17,20,25-26,30H,8-9,12-13H2,1-3H3,(H,32,33). The van der Waals surface area contributed by atoms with Gasteiger partial charge in [0, 0.05) is 47.4 Å². The number of hydrogen-bond acceptors (Lipinski definition) is 3. The number of halogens is 2. The van der Waals surface area contributed by atoms with E-state index in [0.717, 1.165) is 53.2 Å². The zero-order chi connectivity index (χ0) is 24.1. The number of nitrogens with zero attached hydrogens (tertiary/aromatic N) is 1. The molecule has 180 valence electrons. The molecule has 5 rings (SSSR count). The van der Waals surface area contributed by atoms with Crippen LogP contribution in [-0.2, 0) is 6.54 Å². The van der Waals surface area contributed by atoms with E-state index in [0.29, 0.717) is 23.9 Å². The van der Waals surface area contributed by atoms with E-state index in [1.165, 1.54) is 6.07 Å². The molecule has 0 radical (unpaired) electrons. The Labute approximate surface area is 197 Å². The maximum Gasteiger partial charge on any atom is 0.335 e. The van der Waals surface area contributed by atoms with Crippen LogP contribution in [0, 0.1) is 24.7 Å². The summed E-state index contributed by atoms with van der Waals surface area (Å²) in [6, 6.07) is 8.11. The van der Waals surface area contributed by atoms with Crippen molar-refractivity contribution >= 4 is 16.9 Å². The summed E-state index contributed by atoms with van der Waals surface area (Å²) in [5.74, 6) is 0.856. The minimum Gasteiger partial charge on any atom is -0.496 e. The molecule has 2 heterocycles. The van der Waals surface area contributed by atoms with Gasteiger partial charge in [0.25, 0.3) is 6.43 Å². The Bertz CT molecular complexity index is 1240. The number of aromatic amines is 1. The van der Waals surface area contributed by atoms with Crippen molar-refractivity contribution in [1.29, 1.82) is 0 Å². The fourth-order valence-corrected chi connectivity index (χ4v) is 6.47. The average Bonchev–Trinajstić information content (AvgIpc) is 3.49. The molecule has 1 aliphatic carbocycles. The zero-order valence-corrected chi connectivity index (χ0v) is 19.6. The number of likely N-dealkylation sites (tertiary alicyclic amines) is 1. The second kappa shape index (κ2) is 8.69. The summed E-state index contributed by atoms with van der Waals surface area (Å²) in [6.45, 7) is 5.67. The van der Waals surface area contributed by atoms with E-state index in [1.54, 1.807) is 13.2 Å². The van der Waals surface area contributed by atoms with E-state index in [1.807, 2.05) is 25.3 Å². The first-order valence-corrected chi connectivity index (χ1v) is 11.8. The molecule has 0 spiro atoms. The third kappa shape index (κ3) is 3.76. The molecule has 2 aliphatic rings. The number of nitrogens with one attached hydrogen (secondary N) is 1. The van der Waals surface area contributed by atoms with Gasteiger partial charge in [0.1, 0.15) is 5.75 Å². The van der Waals surface area contributed by atoms with Crippen molar-refractivity contribution < 1.29 is 23.4 Å². The van der Waals surface area contributed by atoms with Gasteiger partial charge in [0.15, 0.2) is 0 Å². The number of aromatic nitrogens is 1. The molecule has 1 aliphatic heterocycles. The van der Waals surface area contributed by atoms with E-state index in [4.69, 9.17) is 4.74 Å². The number of methoxy groups -OCH3 is 1. The predicted octanol–water partition coefficient (Wildman–Crippen LogP) is 6.34. The van der Waals surface area contributed by atoms with Crippen molar-refractivity contribution in [2.24, 2.45) is 17.8 Å². The van der Waals surface area contributed by atoms with Crippen LogP contribution in [-0.4, -0.2) is 34.6 Å². The molecule has 1 saturated carbocycles. The summed E-state index contributed by atoms with van der Waals surface area (Å²) in [7, 11) is 1.66. The average molecular weight is 469 g/mol. The van der Waals surface area contributed by atoms with Gasteiger partial charge in [-0.15, -0.1) is 0 Å². The predicted molar refractivity (Wildman–Crippen MR) is 126 cm³/mol. The number of alkyl halides is 2. The van der Waals surface area contributed by atoms with Gasteiger partial charge in [-0.1, -0.05) is 13.0 Å². The lowest BCUT2D eigenvalue weighted by Gasteiger charge is -2.31. The van der Waals surface area contributed by atoms with Gasteiger partial charge in [-0.3, -0.25) is 4.90 Å². The fourth-order valence-electron chi connectivity index (χ4n) is 6.47. The largest absolute Gasteiger partial charge is 0.496 e. The summed E-state index contributed by atoms with van der Waals surface area (Å²) in [5, 5.41) is 10.4. The van der Waals surface area contributed by atoms with Crippen molar-refractivity contribution in [1.82, 2.24) is 9.88 Å². The van der Waals surface area contributed by atoms with Gasteiger partial charge >= 0.3 is 5.97 Å². The van der Waals surface area contributed by atoms with Crippen LogP contribution in [0.4, 0.5) is 8.78 Å². The molecule has 1 aromatic heterocycles. The Kier molecular flexibility index (Phi) is 5.84. The molecule has 4 unspecified atom stereocenters. The SMILES string of the molecule is COc1cc(C)c2[nH]ccc2c1CN1CC2CC(C)CC2C1c1ccc(C(=O)O)cc1C(F)F. The molecule has 4 atom stereocenters. The molecule has 7 heteroatoms. The number of hydrogen-bond donors (Lipinski definition) is 2.